The first-order chi connectivity index (χ1) is 50.6. The van der Waals surface area contributed by atoms with Gasteiger partial charge in [0.05, 0.1) is 52.8 Å². The number of aromatic nitrogens is 8. The molecule has 17 rings (SSSR count). The van der Waals surface area contributed by atoms with Gasteiger partial charge in [0.25, 0.3) is 11.8 Å². The van der Waals surface area contributed by atoms with Crippen LogP contribution in [-0.4, -0.2) is 131 Å². The Bertz CT molecular complexity index is 5080. The van der Waals surface area contributed by atoms with Crippen LogP contribution in [0.15, 0.2) is 165 Å². The highest BCUT2D eigenvalue weighted by Gasteiger charge is 2.43. The number of anilines is 9. The highest BCUT2D eigenvalue weighted by Crippen LogP contribution is 2.44. The topological polar surface area (TPSA) is 257 Å². The fourth-order valence-corrected chi connectivity index (χ4v) is 15.3. The Balaban J connectivity index is 0.000000127. The van der Waals surface area contributed by atoms with Gasteiger partial charge < -0.3 is 60.8 Å². The number of ether oxygens (including phenoxy) is 1. The summed E-state index contributed by atoms with van der Waals surface area (Å²) in [6.07, 6.45) is 21.6. The van der Waals surface area contributed by atoms with Crippen molar-refractivity contribution in [3.63, 3.8) is 0 Å². The zero-order chi connectivity index (χ0) is 72.9. The molecule has 5 aliphatic heterocycles. The van der Waals surface area contributed by atoms with Gasteiger partial charge in [0.2, 0.25) is 0 Å². The summed E-state index contributed by atoms with van der Waals surface area (Å²) >= 11 is 0. The molecule has 1 unspecified atom stereocenters. The summed E-state index contributed by atoms with van der Waals surface area (Å²) in [5.74, 6) is 1.65. The Morgan fingerprint density at radius 2 is 1.16 bits per heavy atom. The van der Waals surface area contributed by atoms with E-state index in [-0.39, 0.29) is 40.6 Å². The first-order valence-electron chi connectivity index (χ1n) is 36.4. The zero-order valence-electron chi connectivity index (χ0n) is 60.8. The van der Waals surface area contributed by atoms with Crippen molar-refractivity contribution in [1.82, 2.24) is 49.7 Å². The molecule has 3 fully saturated rings. The van der Waals surface area contributed by atoms with Gasteiger partial charge in [-0.3, -0.25) is 19.4 Å². The number of aryl methyl sites for hydroxylation is 2. The van der Waals surface area contributed by atoms with Crippen LogP contribution in [-0.2, 0) is 31.3 Å². The number of carbonyl (C=O) groups excluding carboxylic acids is 3. The molecule has 105 heavy (non-hydrogen) atoms. The maximum absolute atomic E-state index is 12.9. The van der Waals surface area contributed by atoms with Crippen molar-refractivity contribution in [2.24, 2.45) is 17.9 Å². The number of piperidine rings is 2. The number of ketones is 1. The van der Waals surface area contributed by atoms with Gasteiger partial charge in [0, 0.05) is 183 Å². The molecular weight excluding hydrogens is 1320 g/mol. The third-order valence-corrected chi connectivity index (χ3v) is 21.9. The second-order valence-electron chi connectivity index (χ2n) is 30.3. The van der Waals surface area contributed by atoms with Gasteiger partial charge in [-0.05, 0) is 195 Å². The molecular formula is C83H90N16O6. The summed E-state index contributed by atoms with van der Waals surface area (Å²) in [5.41, 5.74) is 19.1. The van der Waals surface area contributed by atoms with Crippen molar-refractivity contribution in [3.05, 3.63) is 204 Å². The number of aliphatic hydroxyl groups is 2. The van der Waals surface area contributed by atoms with Crippen LogP contribution in [0.25, 0.3) is 49.9 Å². The number of carbonyl (C=O) groups is 3. The van der Waals surface area contributed by atoms with Crippen molar-refractivity contribution in [1.29, 1.82) is 0 Å². The van der Waals surface area contributed by atoms with Crippen LogP contribution in [0.2, 0.25) is 0 Å². The number of fused-ring (bicyclic) bond motifs is 5. The maximum atomic E-state index is 12.9. The molecule has 8 aromatic heterocycles. The minimum absolute atomic E-state index is 0.103. The summed E-state index contributed by atoms with van der Waals surface area (Å²) in [5, 5.41) is 42.1. The van der Waals surface area contributed by atoms with Crippen molar-refractivity contribution in [2.45, 2.75) is 118 Å². The number of hydrogen-bond acceptors (Lipinski definition) is 18. The highest BCUT2D eigenvalue weighted by molar-refractivity contribution is 6.09. The number of hydrogen-bond donors (Lipinski definition) is 7. The number of amides is 2. The van der Waals surface area contributed by atoms with Crippen LogP contribution >= 0.6 is 0 Å². The number of morpholine rings is 1. The molecule has 7 N–H and O–H groups in total. The van der Waals surface area contributed by atoms with E-state index in [1.807, 2.05) is 129 Å². The highest BCUT2D eigenvalue weighted by atomic mass is 16.5. The lowest BCUT2D eigenvalue weighted by atomic mass is 9.70. The number of nitrogens with zero attached hydrogens (tertiary/aromatic N) is 11. The van der Waals surface area contributed by atoms with E-state index in [1.54, 1.807) is 18.6 Å². The summed E-state index contributed by atoms with van der Waals surface area (Å²) < 4.78 is 9.86. The van der Waals surface area contributed by atoms with E-state index in [2.05, 4.69) is 149 Å². The van der Waals surface area contributed by atoms with E-state index in [0.29, 0.717) is 60.1 Å². The van der Waals surface area contributed by atoms with Gasteiger partial charge in [-0.15, -0.1) is 0 Å². The van der Waals surface area contributed by atoms with E-state index >= 15 is 0 Å². The Morgan fingerprint density at radius 3 is 1.77 bits per heavy atom. The van der Waals surface area contributed by atoms with Gasteiger partial charge in [-0.25, -0.2) is 24.5 Å². The lowest BCUT2D eigenvalue weighted by Gasteiger charge is -2.48. The van der Waals surface area contributed by atoms with Crippen molar-refractivity contribution < 1.29 is 29.3 Å². The number of rotatable bonds is 13. The number of benzene rings is 3. The Kier molecular flexibility index (Phi) is 18.9. The number of aliphatic hydroxyl groups excluding tert-OH is 1. The average Bonchev–Trinajstić information content (AvgIpc) is 1.66. The summed E-state index contributed by atoms with van der Waals surface area (Å²) in [4.78, 5) is 68.0. The van der Waals surface area contributed by atoms with Crippen LogP contribution in [0.1, 0.15) is 127 Å². The summed E-state index contributed by atoms with van der Waals surface area (Å²) in [7, 11) is 1.97. The van der Waals surface area contributed by atoms with Crippen LogP contribution < -0.4 is 41.3 Å². The molecule has 0 saturated carbocycles. The molecule has 0 bridgehead atoms. The van der Waals surface area contributed by atoms with E-state index in [1.165, 1.54) is 5.69 Å². The molecule has 13 heterocycles. The van der Waals surface area contributed by atoms with Gasteiger partial charge in [0.15, 0.2) is 5.78 Å². The molecule has 22 heteroatoms. The summed E-state index contributed by atoms with van der Waals surface area (Å²) in [6, 6.07) is 36.8. The van der Waals surface area contributed by atoms with Crippen molar-refractivity contribution >= 4 is 85.7 Å². The van der Waals surface area contributed by atoms with E-state index in [4.69, 9.17) is 9.72 Å². The Morgan fingerprint density at radius 1 is 0.590 bits per heavy atom. The van der Waals surface area contributed by atoms with Gasteiger partial charge in [-0.2, -0.15) is 5.10 Å². The largest absolute Gasteiger partial charge is 0.393 e. The van der Waals surface area contributed by atoms with Crippen LogP contribution in [0, 0.1) is 17.8 Å². The van der Waals surface area contributed by atoms with Crippen LogP contribution in [0.5, 0.6) is 0 Å². The Labute approximate surface area is 611 Å². The molecule has 2 amide bonds. The fraction of sp³-hybridized carbons (Fsp3) is 0.337. The van der Waals surface area contributed by atoms with E-state index in [0.717, 1.165) is 172 Å². The molecule has 22 nitrogen and oxygen atoms in total. The molecule has 3 aromatic carbocycles. The predicted octanol–water partition coefficient (Wildman–Crippen LogP) is 13.9. The number of nitrogens with one attached hydrogen (secondary N) is 5. The lowest BCUT2D eigenvalue weighted by Crippen LogP contribution is -2.52. The molecule has 6 aliphatic rings. The van der Waals surface area contributed by atoms with E-state index in [9.17, 15) is 24.6 Å². The standard InChI is InChI=1S/C30H34N6O2.C27H27N5O2.C26H29N5O2/c1-29(2,38)30(3)12-5-14-36(18-30)20-8-6-19(7-9-20)34-26-25-24(17-33-28(25)37)23(16-32-26)21-10-13-31-27-22(21)11-15-35(27)4;1-17-2-8-24-23(15-29-32(24)16-17)22-14-28-27(26-21(22)7-9-25(26)34)30-18-3-5-19(6-4-18)31-12-10-20(33)11-13-31;1-26(2,3)22-16-31(12-13-33-22)19-6-4-18(5-7-19)30-24-23-21(15-29-25(23)32)20(14-28-24)17-8-10-27-11-9-17/h6-11,13,15-16,38H,5,12,14,17-18H2,1-4H3,(H,32,34)(H,33,37);2-6,8,14-16,20,33H,7,9-13H2,1H3,(H,28,30);4-11,14,22H,12-13,15-16H2,1-3H3,(H,28,30)(H,29,32)/t30-;;/m1../s1. The molecule has 538 valence electrons. The third-order valence-electron chi connectivity index (χ3n) is 21.9. The van der Waals surface area contributed by atoms with Gasteiger partial charge in [0.1, 0.15) is 23.1 Å². The third kappa shape index (κ3) is 14.2. The molecule has 3 saturated heterocycles. The second-order valence-corrected chi connectivity index (χ2v) is 30.3. The Hall–Kier alpha value is -11.1. The molecule has 2 atom stereocenters. The van der Waals surface area contributed by atoms with Crippen molar-refractivity contribution in [2.75, 3.05) is 76.5 Å². The first-order valence-corrected chi connectivity index (χ1v) is 36.4. The second kappa shape index (κ2) is 28.5. The number of pyridine rings is 6. The smallest absolute Gasteiger partial charge is 0.255 e. The minimum atomic E-state index is -0.742. The summed E-state index contributed by atoms with van der Waals surface area (Å²) in [6.45, 7) is 21.6. The molecule has 11 aromatic rings. The monoisotopic (exact) mass is 1410 g/mol. The first kappa shape index (κ1) is 69.6. The predicted molar refractivity (Wildman–Crippen MR) is 413 cm³/mol. The maximum Gasteiger partial charge on any atom is 0.255 e. The fourth-order valence-electron chi connectivity index (χ4n) is 15.3. The lowest BCUT2D eigenvalue weighted by molar-refractivity contribution is -0.0522. The van der Waals surface area contributed by atoms with Gasteiger partial charge >= 0.3 is 0 Å². The van der Waals surface area contributed by atoms with Crippen LogP contribution in [0.3, 0.4) is 0 Å². The normalized spacial score (nSPS) is 18.0. The van der Waals surface area contributed by atoms with E-state index < -0.39 is 5.60 Å². The van der Waals surface area contributed by atoms with Crippen molar-refractivity contribution in [3.8, 4) is 33.4 Å². The quantitative estimate of drug-likeness (QED) is 0.0566. The molecule has 0 radical (unpaired) electrons. The number of Topliss-reactive ketones (excluding diaryl/α,β-unsaturated/α-hetero) is 1. The zero-order valence-corrected chi connectivity index (χ0v) is 60.8. The average molecular weight is 1410 g/mol. The SMILES string of the molecule is CC(C)(C)C1CN(c2ccc(Nc3ncc(-c4ccncc4)c4c3C(=O)NC4)cc2)CCO1.Cc1ccc2c(-c3cnc(Nc4ccc(N5CCC(O)CC5)cc4)c4c3CCC4=O)cnn2c1.Cn1ccc2c(-c3cnc(Nc4ccc(N5CCC[C@@](C)(C(C)(C)O)C5)cc4)c4c3CNC4=O)ccnc21. The molecule has 0 spiro atoms. The molecule has 1 aliphatic carbocycles. The van der Waals surface area contributed by atoms with Gasteiger partial charge in [-0.1, -0.05) is 33.8 Å². The minimum Gasteiger partial charge on any atom is -0.393 e. The van der Waals surface area contributed by atoms with Crippen LogP contribution in [0.4, 0.5) is 51.6 Å².